The topological polar surface area (TPSA) is 182 Å². The first-order valence-corrected chi connectivity index (χ1v) is 26.8. The predicted octanol–water partition coefficient (Wildman–Crippen LogP) is 9.28. The van der Waals surface area contributed by atoms with Crippen LogP contribution in [-0.2, 0) is 27.2 Å². The largest absolute Gasteiger partial charge is 0.331 e. The molecular weight excluding hydrogens is 746 g/mol. The monoisotopic (exact) mass is 841 g/mol. The fourth-order valence-electron chi connectivity index (χ4n) is 6.64. The zero-order valence-electron chi connectivity index (χ0n) is 36.8. The van der Waals surface area contributed by atoms with Gasteiger partial charge < -0.3 is 50.8 Å². The summed E-state index contributed by atoms with van der Waals surface area (Å²) in [5, 5.41) is 0. The van der Waals surface area contributed by atoms with E-state index in [9.17, 15) is 9.13 Å². The van der Waals surface area contributed by atoms with Gasteiger partial charge in [-0.15, -0.1) is 0 Å². The van der Waals surface area contributed by atoms with Gasteiger partial charge in [0, 0.05) is 13.1 Å². The fraction of sp³-hybridized carbons (Fsp3) is 1.00. The molecule has 0 aromatic carbocycles. The Kier molecular flexibility index (Phi) is 41.8. The van der Waals surface area contributed by atoms with Crippen molar-refractivity contribution in [2.75, 3.05) is 104 Å². The van der Waals surface area contributed by atoms with Gasteiger partial charge >= 0.3 is 15.2 Å². The number of hydrogen-bond acceptors (Lipinski definition) is 12. The van der Waals surface area contributed by atoms with Gasteiger partial charge in [-0.2, -0.15) is 0 Å². The summed E-state index contributed by atoms with van der Waals surface area (Å²) in [6, 6.07) is 0. The van der Waals surface area contributed by atoms with E-state index in [0.29, 0.717) is 78.0 Å². The van der Waals surface area contributed by atoms with E-state index in [1.165, 1.54) is 51.4 Å². The lowest BCUT2D eigenvalue weighted by Gasteiger charge is -2.25. The van der Waals surface area contributed by atoms with Crippen LogP contribution in [0.25, 0.3) is 0 Å². The number of nitrogens with two attached hydrogens (primary N) is 4. The summed E-state index contributed by atoms with van der Waals surface area (Å²) in [4.78, 5) is 4.59. The lowest BCUT2D eigenvalue weighted by Crippen LogP contribution is -2.31. The van der Waals surface area contributed by atoms with Crippen molar-refractivity contribution in [1.82, 2.24) is 9.80 Å². The first-order chi connectivity index (χ1) is 27.3. The Morgan fingerprint density at radius 2 is 0.571 bits per heavy atom. The van der Waals surface area contributed by atoms with E-state index in [1.807, 2.05) is 0 Å². The van der Waals surface area contributed by atoms with Crippen LogP contribution >= 0.6 is 15.2 Å². The summed E-state index contributed by atoms with van der Waals surface area (Å²) in [6.07, 6.45) is 26.8. The highest BCUT2D eigenvalue weighted by Gasteiger charge is 2.27. The third kappa shape index (κ3) is 36.0. The number of nitrogens with zero attached hydrogens (tertiary/aromatic N) is 2. The molecular formula is C42H94N6O6P2. The average molecular weight is 841 g/mol. The third-order valence-electron chi connectivity index (χ3n) is 10.3. The number of rotatable bonds is 47. The van der Waals surface area contributed by atoms with E-state index in [2.05, 4.69) is 23.6 Å². The molecule has 8 N–H and O–H groups in total. The molecule has 2 atom stereocenters. The molecule has 0 aliphatic heterocycles. The second kappa shape index (κ2) is 41.8. The molecule has 0 spiro atoms. The first-order valence-electron chi connectivity index (χ1n) is 23.3. The lowest BCUT2D eigenvalue weighted by molar-refractivity contribution is 0.190. The highest BCUT2D eigenvalue weighted by molar-refractivity contribution is 7.54. The van der Waals surface area contributed by atoms with Crippen LogP contribution in [0.1, 0.15) is 168 Å². The molecule has 0 heterocycles. The molecule has 0 bridgehead atoms. The summed E-state index contributed by atoms with van der Waals surface area (Å²) in [5.74, 6) is 0. The Balaban J connectivity index is 4.61. The van der Waals surface area contributed by atoms with E-state index >= 15 is 0 Å². The second-order valence-electron chi connectivity index (χ2n) is 15.6. The molecule has 0 aliphatic carbocycles. The van der Waals surface area contributed by atoms with Crippen molar-refractivity contribution in [1.29, 1.82) is 0 Å². The van der Waals surface area contributed by atoms with Gasteiger partial charge in [0.1, 0.15) is 0 Å². The number of hydrogen-bond donors (Lipinski definition) is 4. The van der Waals surface area contributed by atoms with E-state index in [-0.39, 0.29) is 0 Å². The number of unbranched alkanes of at least 4 members (excludes halogenated alkanes) is 17. The van der Waals surface area contributed by atoms with Crippen LogP contribution in [0.3, 0.4) is 0 Å². The summed E-state index contributed by atoms with van der Waals surface area (Å²) >= 11 is 0. The summed E-state index contributed by atoms with van der Waals surface area (Å²) < 4.78 is 51.7. The minimum atomic E-state index is -3.18. The standard InChI is InChI=1S/C42H94N6O6P2/c1-3-5-7-9-15-19-37-51-55(49,41-35-47(31-23-27-43)32-24-28-44)53-39-21-17-13-11-12-14-18-22-40-54-56(50,52-38-20-16-10-8-6-4-2)42-36-48(33-25-29-45)34-26-30-46/h3-46H2,1-2H3. The summed E-state index contributed by atoms with van der Waals surface area (Å²) in [7, 11) is -6.36. The van der Waals surface area contributed by atoms with Crippen LogP contribution in [0.5, 0.6) is 0 Å². The predicted molar refractivity (Wildman–Crippen MR) is 240 cm³/mol. The molecule has 0 amide bonds. The maximum atomic E-state index is 13.8. The maximum absolute atomic E-state index is 13.8. The van der Waals surface area contributed by atoms with Gasteiger partial charge in [0.15, 0.2) is 0 Å². The first kappa shape index (κ1) is 56.1. The zero-order valence-corrected chi connectivity index (χ0v) is 38.6. The van der Waals surface area contributed by atoms with Gasteiger partial charge in [0.05, 0.1) is 38.8 Å². The van der Waals surface area contributed by atoms with Crippen molar-refractivity contribution in [2.45, 2.75) is 168 Å². The zero-order chi connectivity index (χ0) is 41.3. The molecule has 56 heavy (non-hydrogen) atoms. The van der Waals surface area contributed by atoms with Crippen LogP contribution in [-0.4, -0.2) is 114 Å². The van der Waals surface area contributed by atoms with Crippen LogP contribution in [0, 0.1) is 0 Å². The van der Waals surface area contributed by atoms with Gasteiger partial charge in [0.25, 0.3) is 0 Å². The molecule has 0 aromatic heterocycles. The molecule has 0 aromatic rings. The Morgan fingerprint density at radius 1 is 0.339 bits per heavy atom. The van der Waals surface area contributed by atoms with Crippen molar-refractivity contribution in [3.05, 3.63) is 0 Å². The molecule has 0 rings (SSSR count). The smallest absolute Gasteiger partial charge is 0.330 e. The van der Waals surface area contributed by atoms with Gasteiger partial charge in [-0.05, 0) is 104 Å². The molecule has 0 saturated heterocycles. The molecule has 0 radical (unpaired) electrons. The quantitative estimate of drug-likeness (QED) is 0.0337. The maximum Gasteiger partial charge on any atom is 0.331 e. The Bertz CT molecular complexity index is 826. The highest BCUT2D eigenvalue weighted by Crippen LogP contribution is 2.49. The normalized spacial score (nSPS) is 14.2. The molecule has 0 aliphatic rings. The highest BCUT2D eigenvalue weighted by atomic mass is 31.2. The van der Waals surface area contributed by atoms with Crippen molar-refractivity contribution in [3.8, 4) is 0 Å². The van der Waals surface area contributed by atoms with E-state index < -0.39 is 15.2 Å². The minimum absolute atomic E-state index is 0.407. The van der Waals surface area contributed by atoms with Crippen LogP contribution in [0.15, 0.2) is 0 Å². The van der Waals surface area contributed by atoms with Crippen molar-refractivity contribution in [2.24, 2.45) is 22.9 Å². The van der Waals surface area contributed by atoms with Crippen molar-refractivity contribution in [3.63, 3.8) is 0 Å². The second-order valence-corrected chi connectivity index (χ2v) is 20.0. The molecule has 2 unspecified atom stereocenters. The van der Waals surface area contributed by atoms with Gasteiger partial charge in [-0.1, -0.05) is 117 Å². The van der Waals surface area contributed by atoms with Crippen LogP contribution in [0.2, 0.25) is 0 Å². The van der Waals surface area contributed by atoms with Crippen LogP contribution in [0.4, 0.5) is 0 Å². The molecule has 0 fully saturated rings. The molecule has 12 nitrogen and oxygen atoms in total. The van der Waals surface area contributed by atoms with Gasteiger partial charge in [-0.25, -0.2) is 0 Å². The van der Waals surface area contributed by atoms with E-state index in [4.69, 9.17) is 41.0 Å². The molecule has 14 heteroatoms. The minimum Gasteiger partial charge on any atom is -0.330 e. The van der Waals surface area contributed by atoms with E-state index in [1.54, 1.807) is 0 Å². The SMILES string of the molecule is CCCCCCCCOP(=O)(CCN(CCCN)CCCN)OCCCCCCCCCCOP(=O)(CCN(CCCN)CCCN)OCCCCCCCC. The van der Waals surface area contributed by atoms with Crippen LogP contribution < -0.4 is 22.9 Å². The van der Waals surface area contributed by atoms with E-state index in [0.717, 1.165) is 129 Å². The Labute approximate surface area is 346 Å². The van der Waals surface area contributed by atoms with Gasteiger partial charge in [0.2, 0.25) is 0 Å². The van der Waals surface area contributed by atoms with Gasteiger partial charge in [-0.3, -0.25) is 9.13 Å². The lowest BCUT2D eigenvalue weighted by atomic mass is 10.1. The molecule has 338 valence electrons. The fourth-order valence-corrected chi connectivity index (χ4v) is 9.99. The van der Waals surface area contributed by atoms with Crippen molar-refractivity contribution >= 4 is 15.2 Å². The Hall–Kier alpha value is 0.0600. The third-order valence-corrected chi connectivity index (χ3v) is 14.1. The molecule has 0 saturated carbocycles. The average Bonchev–Trinajstić information content (AvgIpc) is 3.20. The van der Waals surface area contributed by atoms with Crippen molar-refractivity contribution < 1.29 is 27.2 Å². The Morgan fingerprint density at radius 3 is 0.804 bits per heavy atom. The summed E-state index contributed by atoms with van der Waals surface area (Å²) in [5.41, 5.74) is 23.1. The summed E-state index contributed by atoms with van der Waals surface area (Å²) in [6.45, 7) is 13.8.